The molecule has 0 aliphatic rings. The first-order valence-corrected chi connectivity index (χ1v) is 3.28. The Balaban J connectivity index is 2.98. The topological polar surface area (TPSA) is 45.8 Å². The van der Waals surface area contributed by atoms with Crippen LogP contribution in [0.4, 0.5) is 0 Å². The molecule has 0 atom stereocenters. The number of ketones is 1. The lowest BCUT2D eigenvalue weighted by Crippen LogP contribution is -2.03. The van der Waals surface area contributed by atoms with Crippen LogP contribution in [0.1, 0.15) is 17.4 Å². The Morgan fingerprint density at radius 2 is 2.55 bits per heavy atom. The molecule has 0 saturated carbocycles. The second-order valence-corrected chi connectivity index (χ2v) is 2.24. The Morgan fingerprint density at radius 1 is 1.82 bits per heavy atom. The number of Topliss-reactive ketones (excluding diaryl/α,β-unsaturated/α-hetero) is 1. The highest BCUT2D eigenvalue weighted by molar-refractivity contribution is 5.92. The molecule has 1 aromatic heterocycles. The standard InChI is InChI=1S/C8H8N2O/c1-7(11)8-3-2-5-10(8)6-4-9/h2-3,5H,6H2,1H3. The normalized spacial score (nSPS) is 9.09. The van der Waals surface area contributed by atoms with Gasteiger partial charge in [0.1, 0.15) is 6.54 Å². The van der Waals surface area contributed by atoms with Crippen molar-refractivity contribution in [3.05, 3.63) is 24.0 Å². The maximum absolute atomic E-state index is 10.9. The molecule has 0 fully saturated rings. The number of carbonyl (C=O) groups excluding carboxylic acids is 1. The van der Waals surface area contributed by atoms with Crippen LogP contribution in [0.25, 0.3) is 0 Å². The molecule has 0 aromatic carbocycles. The number of hydrogen-bond donors (Lipinski definition) is 0. The zero-order valence-electron chi connectivity index (χ0n) is 6.24. The van der Waals surface area contributed by atoms with Gasteiger partial charge in [0.15, 0.2) is 5.78 Å². The molecule has 0 unspecified atom stereocenters. The van der Waals surface area contributed by atoms with Gasteiger partial charge in [-0.05, 0) is 12.1 Å². The fourth-order valence-corrected chi connectivity index (χ4v) is 0.948. The fraction of sp³-hybridized carbons (Fsp3) is 0.250. The van der Waals surface area contributed by atoms with Crippen molar-refractivity contribution in [2.75, 3.05) is 0 Å². The van der Waals surface area contributed by atoms with Gasteiger partial charge in [-0.25, -0.2) is 0 Å². The van der Waals surface area contributed by atoms with Crippen molar-refractivity contribution in [2.24, 2.45) is 0 Å². The number of aromatic nitrogens is 1. The van der Waals surface area contributed by atoms with Gasteiger partial charge in [0.2, 0.25) is 0 Å². The quantitative estimate of drug-likeness (QED) is 0.592. The van der Waals surface area contributed by atoms with Crippen LogP contribution < -0.4 is 0 Å². The number of nitrogens with zero attached hydrogens (tertiary/aromatic N) is 2. The SMILES string of the molecule is CC(=O)c1cccn1CC#N. The van der Waals surface area contributed by atoms with Gasteiger partial charge < -0.3 is 4.57 Å². The average molecular weight is 148 g/mol. The molecule has 0 saturated heterocycles. The van der Waals surface area contributed by atoms with E-state index in [0.717, 1.165) is 0 Å². The number of hydrogen-bond acceptors (Lipinski definition) is 2. The highest BCUT2D eigenvalue weighted by atomic mass is 16.1. The highest BCUT2D eigenvalue weighted by Crippen LogP contribution is 2.01. The Bertz CT molecular complexity index is 306. The maximum atomic E-state index is 10.9. The van der Waals surface area contributed by atoms with E-state index < -0.39 is 0 Å². The van der Waals surface area contributed by atoms with Crippen LogP contribution in [0.3, 0.4) is 0 Å². The van der Waals surface area contributed by atoms with E-state index in [9.17, 15) is 4.79 Å². The highest BCUT2D eigenvalue weighted by Gasteiger charge is 2.03. The monoisotopic (exact) mass is 148 g/mol. The van der Waals surface area contributed by atoms with Gasteiger partial charge in [-0.2, -0.15) is 5.26 Å². The molecule has 1 rings (SSSR count). The molecule has 0 amide bonds. The summed E-state index contributed by atoms with van der Waals surface area (Å²) in [7, 11) is 0. The summed E-state index contributed by atoms with van der Waals surface area (Å²) in [4.78, 5) is 10.9. The number of rotatable bonds is 2. The molecule has 0 N–H and O–H groups in total. The molecule has 1 aromatic rings. The van der Waals surface area contributed by atoms with Gasteiger partial charge in [-0.1, -0.05) is 0 Å². The average Bonchev–Trinajstić information content (AvgIpc) is 2.36. The third-order valence-corrected chi connectivity index (χ3v) is 1.43. The predicted octanol–water partition coefficient (Wildman–Crippen LogP) is 1.21. The molecule has 1 heterocycles. The van der Waals surface area contributed by atoms with Crippen LogP contribution in [0.2, 0.25) is 0 Å². The van der Waals surface area contributed by atoms with Crippen LogP contribution in [-0.4, -0.2) is 10.4 Å². The van der Waals surface area contributed by atoms with E-state index >= 15 is 0 Å². The van der Waals surface area contributed by atoms with Crippen molar-refractivity contribution in [3.63, 3.8) is 0 Å². The molecular weight excluding hydrogens is 140 g/mol. The first-order chi connectivity index (χ1) is 5.25. The van der Waals surface area contributed by atoms with E-state index in [1.165, 1.54) is 6.92 Å². The minimum absolute atomic E-state index is 0.00903. The molecule has 11 heavy (non-hydrogen) atoms. The van der Waals surface area contributed by atoms with Gasteiger partial charge in [-0.15, -0.1) is 0 Å². The van der Waals surface area contributed by atoms with Gasteiger partial charge in [0.25, 0.3) is 0 Å². The zero-order valence-corrected chi connectivity index (χ0v) is 6.24. The number of nitriles is 1. The van der Waals surface area contributed by atoms with E-state index in [-0.39, 0.29) is 12.3 Å². The molecule has 3 nitrogen and oxygen atoms in total. The first-order valence-electron chi connectivity index (χ1n) is 3.28. The lowest BCUT2D eigenvalue weighted by molar-refractivity contribution is 0.100. The van der Waals surface area contributed by atoms with E-state index in [2.05, 4.69) is 0 Å². The molecule has 0 radical (unpaired) electrons. The molecule has 0 aliphatic carbocycles. The van der Waals surface area contributed by atoms with E-state index in [1.807, 2.05) is 6.07 Å². The molecule has 0 aliphatic heterocycles. The lowest BCUT2D eigenvalue weighted by Gasteiger charge is -1.98. The number of carbonyl (C=O) groups is 1. The Hall–Kier alpha value is -1.56. The van der Waals surface area contributed by atoms with E-state index in [4.69, 9.17) is 5.26 Å². The molecule has 0 bridgehead atoms. The Labute approximate surface area is 64.9 Å². The summed E-state index contributed by atoms with van der Waals surface area (Å²) in [6, 6.07) is 5.44. The van der Waals surface area contributed by atoms with Gasteiger partial charge >= 0.3 is 0 Å². The second-order valence-electron chi connectivity index (χ2n) is 2.24. The summed E-state index contributed by atoms with van der Waals surface area (Å²) in [5, 5.41) is 8.36. The minimum Gasteiger partial charge on any atom is -0.331 e. The smallest absolute Gasteiger partial charge is 0.176 e. The molecule has 3 heteroatoms. The van der Waals surface area contributed by atoms with Crippen molar-refractivity contribution >= 4 is 5.78 Å². The third kappa shape index (κ3) is 1.47. The minimum atomic E-state index is -0.00903. The second kappa shape index (κ2) is 3.02. The van der Waals surface area contributed by atoms with Crippen molar-refractivity contribution in [1.29, 1.82) is 5.26 Å². The first kappa shape index (κ1) is 7.55. The van der Waals surface area contributed by atoms with Crippen molar-refractivity contribution in [3.8, 4) is 6.07 Å². The van der Waals surface area contributed by atoms with Gasteiger partial charge in [0.05, 0.1) is 11.8 Å². The summed E-state index contributed by atoms with van der Waals surface area (Å²) >= 11 is 0. The van der Waals surface area contributed by atoms with E-state index in [1.54, 1.807) is 22.9 Å². The van der Waals surface area contributed by atoms with Crippen LogP contribution in [0.5, 0.6) is 0 Å². The van der Waals surface area contributed by atoms with Gasteiger partial charge in [-0.3, -0.25) is 4.79 Å². The molecular formula is C8H8N2O. The lowest BCUT2D eigenvalue weighted by atomic mass is 10.3. The summed E-state index contributed by atoms with van der Waals surface area (Å²) in [5.74, 6) is -0.00903. The van der Waals surface area contributed by atoms with Crippen molar-refractivity contribution < 1.29 is 4.79 Å². The third-order valence-electron chi connectivity index (χ3n) is 1.43. The van der Waals surface area contributed by atoms with Crippen LogP contribution in [-0.2, 0) is 6.54 Å². The maximum Gasteiger partial charge on any atom is 0.176 e. The largest absolute Gasteiger partial charge is 0.331 e. The Morgan fingerprint density at radius 3 is 3.09 bits per heavy atom. The van der Waals surface area contributed by atoms with Gasteiger partial charge in [0, 0.05) is 13.1 Å². The summed E-state index contributed by atoms with van der Waals surface area (Å²) in [6.07, 6.45) is 1.72. The Kier molecular flexibility index (Phi) is 2.07. The summed E-state index contributed by atoms with van der Waals surface area (Å²) in [5.41, 5.74) is 0.589. The molecule has 56 valence electrons. The predicted molar refractivity (Wildman–Crippen MR) is 40.0 cm³/mol. The van der Waals surface area contributed by atoms with Crippen molar-refractivity contribution in [1.82, 2.24) is 4.57 Å². The van der Waals surface area contributed by atoms with Crippen LogP contribution in [0.15, 0.2) is 18.3 Å². The van der Waals surface area contributed by atoms with Crippen LogP contribution >= 0.6 is 0 Å². The zero-order chi connectivity index (χ0) is 8.27. The van der Waals surface area contributed by atoms with E-state index in [0.29, 0.717) is 5.69 Å². The molecule has 0 spiro atoms. The summed E-state index contributed by atoms with van der Waals surface area (Å²) in [6.45, 7) is 1.73. The fourth-order valence-electron chi connectivity index (χ4n) is 0.948. The van der Waals surface area contributed by atoms with Crippen LogP contribution in [0, 0.1) is 11.3 Å². The summed E-state index contributed by atoms with van der Waals surface area (Å²) < 4.78 is 1.63. The van der Waals surface area contributed by atoms with Crippen molar-refractivity contribution in [2.45, 2.75) is 13.5 Å².